The van der Waals surface area contributed by atoms with Gasteiger partial charge >= 0.3 is 11.9 Å². The van der Waals surface area contributed by atoms with Crippen LogP contribution >= 0.6 is 0 Å². The quantitative estimate of drug-likeness (QED) is 0.166. The van der Waals surface area contributed by atoms with Gasteiger partial charge in [0.1, 0.15) is 12.7 Å². The van der Waals surface area contributed by atoms with Crippen LogP contribution in [0.3, 0.4) is 0 Å². The molecule has 2 atom stereocenters. The molecule has 1 aliphatic heterocycles. The standard InChI is InChI=1S/C19H21NO8/c1-3-25-19(22)17(11-14-7-4-5-9-16(14)20(23)24)28-18-10-6-8-15(27-18)12-26-13(2)21/h4-9,11,15,18H,3,10,12H2,1-2H3/t15-,18+/m0/s1. The second kappa shape index (κ2) is 10.2. The second-order valence-corrected chi connectivity index (χ2v) is 5.73. The number of hydrogen-bond acceptors (Lipinski definition) is 8. The monoisotopic (exact) mass is 391 g/mol. The summed E-state index contributed by atoms with van der Waals surface area (Å²) >= 11 is 0. The molecule has 0 aromatic heterocycles. The van der Waals surface area contributed by atoms with Gasteiger partial charge in [0.2, 0.25) is 12.0 Å². The summed E-state index contributed by atoms with van der Waals surface area (Å²) in [5, 5.41) is 11.2. The molecular formula is C19H21NO8. The number of carbonyl (C=O) groups excluding carboxylic acids is 2. The van der Waals surface area contributed by atoms with Gasteiger partial charge < -0.3 is 18.9 Å². The molecule has 0 fully saturated rings. The largest absolute Gasteiger partial charge is 0.463 e. The van der Waals surface area contributed by atoms with Crippen molar-refractivity contribution >= 4 is 23.7 Å². The van der Waals surface area contributed by atoms with Crippen LogP contribution in [0, 0.1) is 10.1 Å². The lowest BCUT2D eigenvalue weighted by molar-refractivity contribution is -0.385. The van der Waals surface area contributed by atoms with Gasteiger partial charge in [0.05, 0.1) is 17.1 Å². The summed E-state index contributed by atoms with van der Waals surface area (Å²) in [6, 6.07) is 5.95. The maximum Gasteiger partial charge on any atom is 0.373 e. The van der Waals surface area contributed by atoms with E-state index in [1.807, 2.05) is 0 Å². The van der Waals surface area contributed by atoms with Gasteiger partial charge in [-0.2, -0.15) is 0 Å². The molecule has 0 N–H and O–H groups in total. The van der Waals surface area contributed by atoms with E-state index in [-0.39, 0.29) is 30.2 Å². The van der Waals surface area contributed by atoms with E-state index in [1.165, 1.54) is 31.2 Å². The van der Waals surface area contributed by atoms with Gasteiger partial charge in [-0.25, -0.2) is 4.79 Å². The minimum Gasteiger partial charge on any atom is -0.463 e. The van der Waals surface area contributed by atoms with Gasteiger partial charge in [0.15, 0.2) is 0 Å². The summed E-state index contributed by atoms with van der Waals surface area (Å²) in [6.07, 6.45) is 3.71. The minimum absolute atomic E-state index is 0.00824. The van der Waals surface area contributed by atoms with Crippen LogP contribution in [-0.4, -0.2) is 42.5 Å². The zero-order valence-electron chi connectivity index (χ0n) is 15.5. The summed E-state index contributed by atoms with van der Waals surface area (Å²) < 4.78 is 21.2. The molecule has 1 aliphatic rings. The molecule has 9 nitrogen and oxygen atoms in total. The predicted octanol–water partition coefficient (Wildman–Crippen LogP) is 2.75. The Morgan fingerprint density at radius 3 is 2.75 bits per heavy atom. The first-order valence-electron chi connectivity index (χ1n) is 8.65. The molecule has 1 aromatic rings. The zero-order valence-corrected chi connectivity index (χ0v) is 15.5. The maximum atomic E-state index is 12.3. The highest BCUT2D eigenvalue weighted by Gasteiger charge is 2.25. The predicted molar refractivity (Wildman–Crippen MR) is 97.8 cm³/mol. The van der Waals surface area contributed by atoms with Crippen molar-refractivity contribution in [2.75, 3.05) is 13.2 Å². The Hall–Kier alpha value is -3.20. The molecule has 0 spiro atoms. The van der Waals surface area contributed by atoms with Crippen LogP contribution < -0.4 is 0 Å². The molecule has 28 heavy (non-hydrogen) atoms. The molecule has 2 rings (SSSR count). The number of rotatable bonds is 8. The van der Waals surface area contributed by atoms with Crippen LogP contribution in [-0.2, 0) is 28.5 Å². The number of esters is 2. The van der Waals surface area contributed by atoms with Crippen LogP contribution in [0.25, 0.3) is 6.08 Å². The average Bonchev–Trinajstić information content (AvgIpc) is 2.66. The molecule has 150 valence electrons. The lowest BCUT2D eigenvalue weighted by Gasteiger charge is -2.26. The number of nitro groups is 1. The first-order chi connectivity index (χ1) is 13.4. The Morgan fingerprint density at radius 2 is 2.07 bits per heavy atom. The summed E-state index contributed by atoms with van der Waals surface area (Å²) in [6.45, 7) is 3.04. The average molecular weight is 391 g/mol. The van der Waals surface area contributed by atoms with E-state index in [4.69, 9.17) is 18.9 Å². The van der Waals surface area contributed by atoms with Crippen molar-refractivity contribution in [2.45, 2.75) is 32.7 Å². The van der Waals surface area contributed by atoms with E-state index in [0.717, 1.165) is 0 Å². The van der Waals surface area contributed by atoms with Crippen LogP contribution in [0.2, 0.25) is 0 Å². The molecule has 0 saturated carbocycles. The van der Waals surface area contributed by atoms with Crippen molar-refractivity contribution < 1.29 is 33.5 Å². The van der Waals surface area contributed by atoms with Crippen LogP contribution in [0.1, 0.15) is 25.8 Å². The third kappa shape index (κ3) is 6.20. The maximum absolute atomic E-state index is 12.3. The number of hydrogen-bond donors (Lipinski definition) is 0. The Morgan fingerprint density at radius 1 is 1.32 bits per heavy atom. The SMILES string of the molecule is CCOC(=O)C(=Cc1ccccc1[N+](=O)[O-])O[C@@H]1CC=C[C@@H](COC(C)=O)O1. The summed E-state index contributed by atoms with van der Waals surface area (Å²) in [5.74, 6) is -1.43. The van der Waals surface area contributed by atoms with E-state index < -0.39 is 29.3 Å². The summed E-state index contributed by atoms with van der Waals surface area (Å²) in [7, 11) is 0. The second-order valence-electron chi connectivity index (χ2n) is 5.73. The molecule has 0 aliphatic carbocycles. The van der Waals surface area contributed by atoms with Crippen molar-refractivity contribution in [2.24, 2.45) is 0 Å². The van der Waals surface area contributed by atoms with Gasteiger partial charge in [-0.15, -0.1) is 0 Å². The van der Waals surface area contributed by atoms with Gasteiger partial charge in [0.25, 0.3) is 5.69 Å². The number of nitro benzene ring substituents is 1. The van der Waals surface area contributed by atoms with Crippen molar-refractivity contribution in [3.05, 3.63) is 57.9 Å². The molecule has 0 radical (unpaired) electrons. The van der Waals surface area contributed by atoms with E-state index in [9.17, 15) is 19.7 Å². The molecule has 0 bridgehead atoms. The van der Waals surface area contributed by atoms with Crippen LogP contribution in [0.15, 0.2) is 42.2 Å². The van der Waals surface area contributed by atoms with Gasteiger partial charge in [-0.1, -0.05) is 24.3 Å². The molecule has 1 aromatic carbocycles. The van der Waals surface area contributed by atoms with Gasteiger partial charge in [0, 0.05) is 25.5 Å². The molecule has 0 unspecified atom stereocenters. The van der Waals surface area contributed by atoms with E-state index >= 15 is 0 Å². The Bertz CT molecular complexity index is 786. The minimum atomic E-state index is -0.844. The Balaban J connectivity index is 2.20. The fraction of sp³-hybridized carbons (Fsp3) is 0.368. The highest BCUT2D eigenvalue weighted by atomic mass is 16.7. The Kier molecular flexibility index (Phi) is 7.70. The number of benzene rings is 1. The highest BCUT2D eigenvalue weighted by molar-refractivity contribution is 5.92. The number of para-hydroxylation sites is 1. The lowest BCUT2D eigenvalue weighted by Crippen LogP contribution is -2.31. The van der Waals surface area contributed by atoms with Crippen LogP contribution in [0.5, 0.6) is 0 Å². The van der Waals surface area contributed by atoms with Gasteiger partial charge in [-0.05, 0) is 13.0 Å². The number of ether oxygens (including phenoxy) is 4. The molecule has 9 heteroatoms. The smallest absolute Gasteiger partial charge is 0.373 e. The topological polar surface area (TPSA) is 114 Å². The van der Waals surface area contributed by atoms with Crippen LogP contribution in [0.4, 0.5) is 5.69 Å². The molecule has 0 saturated heterocycles. The summed E-state index contributed by atoms with van der Waals surface area (Å²) in [4.78, 5) is 33.9. The van der Waals surface area contributed by atoms with Crippen molar-refractivity contribution in [1.29, 1.82) is 0 Å². The molecule has 0 amide bonds. The fourth-order valence-electron chi connectivity index (χ4n) is 2.41. The van der Waals surface area contributed by atoms with E-state index in [1.54, 1.807) is 25.1 Å². The normalized spacial score (nSPS) is 19.0. The van der Waals surface area contributed by atoms with Crippen molar-refractivity contribution in [3.63, 3.8) is 0 Å². The Labute approximate surface area is 161 Å². The van der Waals surface area contributed by atoms with E-state index in [0.29, 0.717) is 6.42 Å². The molecular weight excluding hydrogens is 370 g/mol. The van der Waals surface area contributed by atoms with Gasteiger partial charge in [-0.3, -0.25) is 14.9 Å². The van der Waals surface area contributed by atoms with Crippen molar-refractivity contribution in [1.82, 2.24) is 0 Å². The summed E-state index contributed by atoms with van der Waals surface area (Å²) in [5.41, 5.74) is 0.0171. The zero-order chi connectivity index (χ0) is 20.5. The third-order valence-electron chi connectivity index (χ3n) is 3.61. The molecule has 1 heterocycles. The first-order valence-corrected chi connectivity index (χ1v) is 8.65. The van der Waals surface area contributed by atoms with Crippen molar-refractivity contribution in [3.8, 4) is 0 Å². The van der Waals surface area contributed by atoms with E-state index in [2.05, 4.69) is 0 Å². The third-order valence-corrected chi connectivity index (χ3v) is 3.61. The first kappa shape index (κ1) is 21.1. The highest BCUT2D eigenvalue weighted by Crippen LogP contribution is 2.24. The fourth-order valence-corrected chi connectivity index (χ4v) is 2.41. The lowest BCUT2D eigenvalue weighted by atomic mass is 10.1. The number of nitrogens with zero attached hydrogens (tertiary/aromatic N) is 1. The number of carbonyl (C=O) groups is 2.